The van der Waals surface area contributed by atoms with Crippen LogP contribution in [0, 0.1) is 5.82 Å². The maximum Gasteiger partial charge on any atom is 0.257 e. The Hall–Kier alpha value is -2.18. The monoisotopic (exact) mass is 336 g/mol. The van der Waals surface area contributed by atoms with E-state index >= 15 is 0 Å². The van der Waals surface area contributed by atoms with Gasteiger partial charge in [-0.1, -0.05) is 17.7 Å². The lowest BCUT2D eigenvalue weighted by Crippen LogP contribution is -2.17. The normalized spacial score (nSPS) is 17.0. The molecule has 2 aromatic rings. The number of hydrogen-bond donors (Lipinski definition) is 1. The molecule has 0 radical (unpaired) electrons. The summed E-state index contributed by atoms with van der Waals surface area (Å²) < 4.78 is 24.0. The van der Waals surface area contributed by atoms with Gasteiger partial charge in [0, 0.05) is 18.3 Å². The number of ether oxygens (including phenoxy) is 2. The molecule has 3 rings (SSSR count). The molecular weight excluding hydrogens is 323 g/mol. The Bertz CT molecular complexity index is 720. The highest BCUT2D eigenvalue weighted by atomic mass is 35.5. The van der Waals surface area contributed by atoms with Crippen molar-refractivity contribution in [2.75, 3.05) is 18.5 Å². The number of pyridine rings is 1. The fourth-order valence-electron chi connectivity index (χ4n) is 2.17. The molecule has 1 aromatic carbocycles. The first-order valence-electron chi connectivity index (χ1n) is 7.08. The van der Waals surface area contributed by atoms with Gasteiger partial charge in [0.1, 0.15) is 16.9 Å². The summed E-state index contributed by atoms with van der Waals surface area (Å²) in [5.74, 6) is -0.591. The first kappa shape index (κ1) is 15.7. The molecule has 0 unspecified atom stereocenters. The summed E-state index contributed by atoms with van der Waals surface area (Å²) in [6.45, 7) is 1.15. The first-order chi connectivity index (χ1) is 11.1. The van der Waals surface area contributed by atoms with Crippen LogP contribution in [0.15, 0.2) is 36.5 Å². The third kappa shape index (κ3) is 3.97. The molecule has 1 atom stereocenters. The average molecular weight is 337 g/mol. The minimum absolute atomic E-state index is 0.0769. The van der Waals surface area contributed by atoms with Crippen molar-refractivity contribution in [3.8, 4) is 5.88 Å². The van der Waals surface area contributed by atoms with Crippen molar-refractivity contribution in [1.29, 1.82) is 0 Å². The van der Waals surface area contributed by atoms with E-state index in [-0.39, 0.29) is 22.6 Å². The standard InChI is InChI=1S/C16H14ClFN2O3/c17-14-6-10(8-19-16(14)23-13-4-5-22-9-13)15(21)20-12-3-1-2-11(18)7-12/h1-3,6-8,13H,4-5,9H2,(H,20,21)/t13-/m0/s1. The number of nitrogens with zero attached hydrogens (tertiary/aromatic N) is 1. The van der Waals surface area contributed by atoms with E-state index in [4.69, 9.17) is 21.1 Å². The lowest BCUT2D eigenvalue weighted by Gasteiger charge is -2.12. The van der Waals surface area contributed by atoms with Gasteiger partial charge in [0.25, 0.3) is 5.91 Å². The van der Waals surface area contributed by atoms with E-state index in [1.54, 1.807) is 6.07 Å². The highest BCUT2D eigenvalue weighted by molar-refractivity contribution is 6.32. The highest BCUT2D eigenvalue weighted by Crippen LogP contribution is 2.25. The summed E-state index contributed by atoms with van der Waals surface area (Å²) in [6, 6.07) is 7.09. The number of amides is 1. The number of benzene rings is 1. The van der Waals surface area contributed by atoms with Gasteiger partial charge in [0.05, 0.1) is 18.8 Å². The summed E-state index contributed by atoms with van der Waals surface area (Å²) in [5, 5.41) is 2.82. The maximum atomic E-state index is 13.1. The second-order valence-corrected chi connectivity index (χ2v) is 5.49. The topological polar surface area (TPSA) is 60.5 Å². The van der Waals surface area contributed by atoms with Crippen LogP contribution in [0.2, 0.25) is 5.02 Å². The second kappa shape index (κ2) is 6.93. The van der Waals surface area contributed by atoms with Crippen LogP contribution in [-0.4, -0.2) is 30.2 Å². The summed E-state index contributed by atoms with van der Waals surface area (Å²) in [7, 11) is 0. The number of carbonyl (C=O) groups excluding carboxylic acids is 1. The molecule has 0 aliphatic carbocycles. The zero-order valence-electron chi connectivity index (χ0n) is 12.1. The summed E-state index contributed by atoms with van der Waals surface area (Å²) >= 11 is 6.11. The van der Waals surface area contributed by atoms with Gasteiger partial charge in [0.15, 0.2) is 0 Å². The number of rotatable bonds is 4. The van der Waals surface area contributed by atoms with Crippen molar-refractivity contribution in [3.05, 3.63) is 52.9 Å². The third-order valence-electron chi connectivity index (χ3n) is 3.32. The molecule has 0 saturated carbocycles. The van der Waals surface area contributed by atoms with Crippen molar-refractivity contribution in [1.82, 2.24) is 4.98 Å². The Morgan fingerprint density at radius 2 is 2.30 bits per heavy atom. The van der Waals surface area contributed by atoms with Gasteiger partial charge in [-0.2, -0.15) is 0 Å². The molecule has 23 heavy (non-hydrogen) atoms. The Morgan fingerprint density at radius 3 is 3.00 bits per heavy atom. The summed E-state index contributed by atoms with van der Waals surface area (Å²) in [4.78, 5) is 16.2. The number of halogens is 2. The molecule has 0 spiro atoms. The smallest absolute Gasteiger partial charge is 0.257 e. The molecule has 1 amide bonds. The summed E-state index contributed by atoms with van der Waals surface area (Å²) in [6.07, 6.45) is 2.07. The van der Waals surface area contributed by atoms with Crippen molar-refractivity contribution < 1.29 is 18.7 Å². The van der Waals surface area contributed by atoms with E-state index in [1.165, 1.54) is 30.5 Å². The van der Waals surface area contributed by atoms with E-state index in [9.17, 15) is 9.18 Å². The van der Waals surface area contributed by atoms with Gasteiger partial charge in [0.2, 0.25) is 5.88 Å². The van der Waals surface area contributed by atoms with Crippen molar-refractivity contribution >= 4 is 23.2 Å². The van der Waals surface area contributed by atoms with Crippen molar-refractivity contribution in [2.24, 2.45) is 0 Å². The van der Waals surface area contributed by atoms with E-state index in [0.29, 0.717) is 18.9 Å². The molecule has 1 aliphatic rings. The molecule has 1 saturated heterocycles. The number of carbonyl (C=O) groups is 1. The van der Waals surface area contributed by atoms with Gasteiger partial charge in [-0.15, -0.1) is 0 Å². The minimum Gasteiger partial charge on any atom is -0.471 e. The van der Waals surface area contributed by atoms with Gasteiger partial charge in [-0.3, -0.25) is 4.79 Å². The minimum atomic E-state index is -0.430. The lowest BCUT2D eigenvalue weighted by molar-refractivity contribution is 0.102. The molecule has 0 bridgehead atoms. The van der Waals surface area contributed by atoms with E-state index in [1.807, 2.05) is 0 Å². The highest BCUT2D eigenvalue weighted by Gasteiger charge is 2.20. The van der Waals surface area contributed by atoms with Gasteiger partial charge >= 0.3 is 0 Å². The molecular formula is C16H14ClFN2O3. The number of anilines is 1. The van der Waals surface area contributed by atoms with E-state index in [2.05, 4.69) is 10.3 Å². The average Bonchev–Trinajstić information content (AvgIpc) is 3.02. The number of aromatic nitrogens is 1. The molecule has 1 aliphatic heterocycles. The van der Waals surface area contributed by atoms with Crippen LogP contribution in [0.25, 0.3) is 0 Å². The molecule has 1 N–H and O–H groups in total. The second-order valence-electron chi connectivity index (χ2n) is 5.08. The van der Waals surface area contributed by atoms with Crippen LogP contribution in [0.4, 0.5) is 10.1 Å². The SMILES string of the molecule is O=C(Nc1cccc(F)c1)c1cnc(O[C@H]2CCOC2)c(Cl)c1. The van der Waals surface area contributed by atoms with Crippen molar-refractivity contribution in [3.63, 3.8) is 0 Å². The molecule has 1 fully saturated rings. The van der Waals surface area contributed by atoms with Crippen LogP contribution in [0.5, 0.6) is 5.88 Å². The Kier molecular flexibility index (Phi) is 4.73. The lowest BCUT2D eigenvalue weighted by atomic mass is 10.2. The first-order valence-corrected chi connectivity index (χ1v) is 7.46. The summed E-state index contributed by atoms with van der Waals surface area (Å²) in [5.41, 5.74) is 0.615. The van der Waals surface area contributed by atoms with Crippen LogP contribution in [-0.2, 0) is 4.74 Å². The predicted octanol–water partition coefficient (Wildman–Crippen LogP) is 3.29. The molecule has 5 nitrogen and oxygen atoms in total. The number of hydrogen-bond acceptors (Lipinski definition) is 4. The van der Waals surface area contributed by atoms with Gasteiger partial charge < -0.3 is 14.8 Å². The Balaban J connectivity index is 1.70. The predicted molar refractivity (Wildman–Crippen MR) is 83.5 cm³/mol. The molecule has 1 aromatic heterocycles. The van der Waals surface area contributed by atoms with Crippen molar-refractivity contribution in [2.45, 2.75) is 12.5 Å². The van der Waals surface area contributed by atoms with Crippen LogP contribution < -0.4 is 10.1 Å². The van der Waals surface area contributed by atoms with Gasteiger partial charge in [-0.05, 0) is 24.3 Å². The van der Waals surface area contributed by atoms with Crippen LogP contribution in [0.1, 0.15) is 16.8 Å². The zero-order chi connectivity index (χ0) is 16.2. The van der Waals surface area contributed by atoms with Gasteiger partial charge in [-0.25, -0.2) is 9.37 Å². The maximum absolute atomic E-state index is 13.1. The molecule has 120 valence electrons. The Morgan fingerprint density at radius 1 is 1.43 bits per heavy atom. The third-order valence-corrected chi connectivity index (χ3v) is 3.59. The fourth-order valence-corrected chi connectivity index (χ4v) is 2.38. The largest absolute Gasteiger partial charge is 0.471 e. The quantitative estimate of drug-likeness (QED) is 0.930. The van der Waals surface area contributed by atoms with Crippen LogP contribution >= 0.6 is 11.6 Å². The Labute approximate surface area is 137 Å². The fraction of sp³-hybridized carbons (Fsp3) is 0.250. The number of nitrogens with one attached hydrogen (secondary N) is 1. The molecule has 2 heterocycles. The zero-order valence-corrected chi connectivity index (χ0v) is 12.8. The molecule has 7 heteroatoms. The van der Waals surface area contributed by atoms with E-state index in [0.717, 1.165) is 6.42 Å². The van der Waals surface area contributed by atoms with E-state index < -0.39 is 11.7 Å². The van der Waals surface area contributed by atoms with Crippen LogP contribution in [0.3, 0.4) is 0 Å².